The van der Waals surface area contributed by atoms with Gasteiger partial charge in [0.05, 0.1) is 17.9 Å². The molecule has 1 spiro atoms. The molecule has 3 atom stereocenters. The molecule has 2 aromatic rings. The Morgan fingerprint density at radius 3 is 2.78 bits per heavy atom. The van der Waals surface area contributed by atoms with E-state index < -0.39 is 5.97 Å². The largest absolute Gasteiger partial charge is 0.490 e. The molecular formula is C26H30ClNO4. The highest BCUT2D eigenvalue weighted by Crippen LogP contribution is 2.46. The lowest BCUT2D eigenvalue weighted by Crippen LogP contribution is -2.48. The van der Waals surface area contributed by atoms with Gasteiger partial charge in [0.25, 0.3) is 0 Å². The molecule has 1 heterocycles. The van der Waals surface area contributed by atoms with E-state index >= 15 is 0 Å². The van der Waals surface area contributed by atoms with E-state index in [-0.39, 0.29) is 17.6 Å². The summed E-state index contributed by atoms with van der Waals surface area (Å²) in [6.45, 7) is 2.44. The van der Waals surface area contributed by atoms with Gasteiger partial charge < -0.3 is 19.8 Å². The number of rotatable bonds is 5. The molecule has 32 heavy (non-hydrogen) atoms. The van der Waals surface area contributed by atoms with Crippen LogP contribution in [0.3, 0.4) is 0 Å². The lowest BCUT2D eigenvalue weighted by atomic mass is 9.69. The van der Waals surface area contributed by atoms with E-state index in [1.54, 1.807) is 12.1 Å². The van der Waals surface area contributed by atoms with E-state index in [1.165, 1.54) is 11.1 Å². The number of carbonyl (C=O) groups is 1. The monoisotopic (exact) mass is 455 g/mol. The van der Waals surface area contributed by atoms with Crippen LogP contribution >= 0.6 is 11.6 Å². The summed E-state index contributed by atoms with van der Waals surface area (Å²) < 4.78 is 6.39. The van der Waals surface area contributed by atoms with Crippen LogP contribution in [0.2, 0.25) is 5.02 Å². The molecule has 0 amide bonds. The molecule has 6 heteroatoms. The Hall–Kier alpha value is -2.24. The second-order valence-electron chi connectivity index (χ2n) is 9.70. The summed E-state index contributed by atoms with van der Waals surface area (Å²) >= 11 is 6.31. The summed E-state index contributed by atoms with van der Waals surface area (Å²) in [5.41, 5.74) is 3.61. The number of hydrogen-bond donors (Lipinski definition) is 2. The molecule has 0 aromatic heterocycles. The third kappa shape index (κ3) is 3.86. The number of anilines is 1. The van der Waals surface area contributed by atoms with Gasteiger partial charge in [0.2, 0.25) is 0 Å². The maximum absolute atomic E-state index is 11.7. The van der Waals surface area contributed by atoms with Gasteiger partial charge >= 0.3 is 5.97 Å². The third-order valence-electron chi connectivity index (χ3n) is 7.81. The summed E-state index contributed by atoms with van der Waals surface area (Å²) in [4.78, 5) is 14.1. The highest BCUT2D eigenvalue weighted by atomic mass is 35.5. The van der Waals surface area contributed by atoms with Crippen LogP contribution in [0.15, 0.2) is 36.4 Å². The molecule has 2 aromatic carbocycles. The van der Waals surface area contributed by atoms with Gasteiger partial charge in [-0.25, -0.2) is 4.79 Å². The number of aromatic carboxylic acids is 1. The van der Waals surface area contributed by atoms with Crippen LogP contribution in [0.25, 0.3) is 0 Å². The normalized spacial score (nSPS) is 26.5. The molecular weight excluding hydrogens is 426 g/mol. The Morgan fingerprint density at radius 1 is 1.19 bits per heavy atom. The lowest BCUT2D eigenvalue weighted by Gasteiger charge is -2.44. The number of carboxylic acids is 1. The van der Waals surface area contributed by atoms with Crippen LogP contribution < -0.4 is 9.64 Å². The van der Waals surface area contributed by atoms with Crippen molar-refractivity contribution in [3.05, 3.63) is 58.1 Å². The van der Waals surface area contributed by atoms with Crippen molar-refractivity contribution in [2.45, 2.75) is 43.9 Å². The van der Waals surface area contributed by atoms with Gasteiger partial charge in [0, 0.05) is 30.1 Å². The number of fused-ring (bicyclic) bond motifs is 3. The zero-order valence-corrected chi connectivity index (χ0v) is 19.0. The van der Waals surface area contributed by atoms with Crippen LogP contribution in [0.1, 0.15) is 53.6 Å². The number of ether oxygens (including phenoxy) is 1. The molecule has 1 fully saturated rings. The minimum Gasteiger partial charge on any atom is -0.490 e. The smallest absolute Gasteiger partial charge is 0.335 e. The number of nitrogens with zero attached hydrogens (tertiary/aromatic N) is 1. The van der Waals surface area contributed by atoms with Gasteiger partial charge in [0.1, 0.15) is 5.75 Å². The van der Waals surface area contributed by atoms with Crippen molar-refractivity contribution in [2.24, 2.45) is 11.8 Å². The highest BCUT2D eigenvalue weighted by molar-refractivity contribution is 6.30. The zero-order chi connectivity index (χ0) is 22.3. The fourth-order valence-electron chi connectivity index (χ4n) is 5.95. The molecule has 2 N–H and O–H groups in total. The van der Waals surface area contributed by atoms with Gasteiger partial charge in [-0.15, -0.1) is 0 Å². The van der Waals surface area contributed by atoms with Crippen molar-refractivity contribution < 1.29 is 19.7 Å². The van der Waals surface area contributed by atoms with Crippen molar-refractivity contribution in [2.75, 3.05) is 31.2 Å². The predicted octanol–water partition coefficient (Wildman–Crippen LogP) is 4.92. The summed E-state index contributed by atoms with van der Waals surface area (Å²) in [6.07, 6.45) is 6.28. The van der Waals surface area contributed by atoms with Crippen molar-refractivity contribution in [3.8, 4) is 5.75 Å². The second kappa shape index (κ2) is 8.60. The number of aryl methyl sites for hydroxylation is 1. The molecule has 5 nitrogen and oxygen atoms in total. The van der Waals surface area contributed by atoms with Crippen LogP contribution in [-0.2, 0) is 11.8 Å². The standard InChI is InChI=1S/C26H30ClNO4/c27-21-6-7-22-18(12-21)2-1-10-26(22)15-28(14-20-4-3-17(20)9-11-29)23-13-19(25(30)31)5-8-24(23)32-16-26/h5-8,12-13,17,20,29H,1-4,9-11,14-16H2,(H,30,31)/t17-,20-,26-/m0/s1. The number of benzene rings is 2. The van der Waals surface area contributed by atoms with Crippen molar-refractivity contribution in [1.29, 1.82) is 0 Å². The Kier molecular flexibility index (Phi) is 5.81. The number of carboxylic acid groups (broad SMARTS) is 1. The van der Waals surface area contributed by atoms with Gasteiger partial charge in [-0.2, -0.15) is 0 Å². The molecule has 0 bridgehead atoms. The molecule has 1 saturated carbocycles. The summed E-state index contributed by atoms with van der Waals surface area (Å²) in [5.74, 6) is 0.868. The minimum absolute atomic E-state index is 0.156. The van der Waals surface area contributed by atoms with E-state index in [0.29, 0.717) is 18.4 Å². The highest BCUT2D eigenvalue weighted by Gasteiger charge is 2.43. The Morgan fingerprint density at radius 2 is 2.03 bits per heavy atom. The third-order valence-corrected chi connectivity index (χ3v) is 8.05. The maximum Gasteiger partial charge on any atom is 0.335 e. The number of aliphatic hydroxyl groups excluding tert-OH is 1. The van der Waals surface area contributed by atoms with Crippen molar-refractivity contribution >= 4 is 23.3 Å². The van der Waals surface area contributed by atoms with E-state index in [2.05, 4.69) is 17.0 Å². The first-order valence-corrected chi connectivity index (χ1v) is 12.0. The molecule has 170 valence electrons. The SMILES string of the molecule is O=C(O)c1ccc2c(c1)N(C[C@@H]1CC[C@H]1CCO)C[C@@]1(CCCc3cc(Cl)ccc31)CO2. The zero-order valence-electron chi connectivity index (χ0n) is 18.2. The van der Waals surface area contributed by atoms with Crippen molar-refractivity contribution in [1.82, 2.24) is 0 Å². The fraction of sp³-hybridized carbons (Fsp3) is 0.500. The van der Waals surface area contributed by atoms with E-state index in [4.69, 9.17) is 16.3 Å². The van der Waals surface area contributed by atoms with Gasteiger partial charge in [-0.05, 0) is 91.8 Å². The number of halogens is 1. The van der Waals surface area contributed by atoms with E-state index in [0.717, 1.165) is 68.1 Å². The van der Waals surface area contributed by atoms with Gasteiger partial charge in [0.15, 0.2) is 0 Å². The maximum atomic E-state index is 11.7. The first-order valence-electron chi connectivity index (χ1n) is 11.6. The predicted molar refractivity (Wildman–Crippen MR) is 125 cm³/mol. The molecule has 0 radical (unpaired) electrons. The fourth-order valence-corrected chi connectivity index (χ4v) is 6.15. The van der Waals surface area contributed by atoms with Gasteiger partial charge in [-0.1, -0.05) is 17.7 Å². The van der Waals surface area contributed by atoms with Crippen molar-refractivity contribution in [3.63, 3.8) is 0 Å². The first-order chi connectivity index (χ1) is 15.5. The minimum atomic E-state index is -0.925. The molecule has 5 rings (SSSR count). The van der Waals surface area contributed by atoms with Crippen LogP contribution in [0.4, 0.5) is 5.69 Å². The molecule has 0 saturated heterocycles. The topological polar surface area (TPSA) is 70.0 Å². The summed E-state index contributed by atoms with van der Waals surface area (Å²) in [7, 11) is 0. The average Bonchev–Trinajstić information content (AvgIpc) is 2.92. The van der Waals surface area contributed by atoms with Crippen LogP contribution in [0, 0.1) is 11.8 Å². The number of aliphatic hydroxyl groups is 1. The molecule has 3 aliphatic rings. The van der Waals surface area contributed by atoms with E-state index in [9.17, 15) is 15.0 Å². The molecule has 0 unspecified atom stereocenters. The summed E-state index contributed by atoms with van der Waals surface area (Å²) in [6, 6.07) is 11.4. The summed E-state index contributed by atoms with van der Waals surface area (Å²) in [5, 5.41) is 19.8. The second-order valence-corrected chi connectivity index (χ2v) is 10.1. The van der Waals surface area contributed by atoms with Crippen LogP contribution in [0.5, 0.6) is 5.75 Å². The quantitative estimate of drug-likeness (QED) is 0.669. The Balaban J connectivity index is 1.54. The Bertz CT molecular complexity index is 1020. The van der Waals surface area contributed by atoms with Crippen LogP contribution in [-0.4, -0.2) is 42.5 Å². The molecule has 1 aliphatic heterocycles. The molecule has 2 aliphatic carbocycles. The average molecular weight is 456 g/mol. The first kappa shape index (κ1) is 21.6. The van der Waals surface area contributed by atoms with E-state index in [1.807, 2.05) is 12.1 Å². The van der Waals surface area contributed by atoms with Gasteiger partial charge in [-0.3, -0.25) is 0 Å². The lowest BCUT2D eigenvalue weighted by molar-refractivity contribution is 0.0697. The Labute approximate surface area is 194 Å². The number of hydrogen-bond acceptors (Lipinski definition) is 4.